The van der Waals surface area contributed by atoms with E-state index in [0.29, 0.717) is 6.54 Å². The molecule has 1 fully saturated rings. The number of hydrogen-bond acceptors (Lipinski definition) is 3. The molecule has 1 aliphatic rings. The van der Waals surface area contributed by atoms with Crippen molar-refractivity contribution in [1.29, 1.82) is 0 Å². The van der Waals surface area contributed by atoms with Gasteiger partial charge in [0.15, 0.2) is 0 Å². The van der Waals surface area contributed by atoms with Crippen LogP contribution in [-0.4, -0.2) is 47.9 Å². The Bertz CT molecular complexity index is 417. The maximum Gasteiger partial charge on any atom is 0.241 e. The number of carbonyl (C=O) groups is 1. The SMILES string of the molecule is CCN(CC)C(CN1CC(N)C1=O)c1ccccc1. The number of likely N-dealkylation sites (N-methyl/N-ethyl adjacent to an activating group) is 1. The van der Waals surface area contributed by atoms with Crippen LogP contribution in [0.15, 0.2) is 30.3 Å². The van der Waals surface area contributed by atoms with E-state index in [4.69, 9.17) is 5.73 Å². The Balaban J connectivity index is 2.13. The third-order valence-corrected chi connectivity index (χ3v) is 3.88. The van der Waals surface area contributed by atoms with Crippen molar-refractivity contribution in [3.05, 3.63) is 35.9 Å². The number of likely N-dealkylation sites (tertiary alicyclic amines) is 1. The van der Waals surface area contributed by atoms with Crippen LogP contribution in [0.3, 0.4) is 0 Å². The second-order valence-corrected chi connectivity index (χ2v) is 5.00. The van der Waals surface area contributed by atoms with E-state index in [2.05, 4.69) is 43.0 Å². The molecule has 1 amide bonds. The van der Waals surface area contributed by atoms with E-state index in [1.165, 1.54) is 5.56 Å². The molecular weight excluding hydrogens is 238 g/mol. The molecule has 19 heavy (non-hydrogen) atoms. The summed E-state index contributed by atoms with van der Waals surface area (Å²) in [5.41, 5.74) is 6.93. The number of nitrogens with zero attached hydrogens (tertiary/aromatic N) is 2. The number of hydrogen-bond donors (Lipinski definition) is 1. The molecule has 0 radical (unpaired) electrons. The molecule has 1 aromatic carbocycles. The van der Waals surface area contributed by atoms with Crippen molar-refractivity contribution in [3.8, 4) is 0 Å². The van der Waals surface area contributed by atoms with Gasteiger partial charge in [-0.3, -0.25) is 9.69 Å². The largest absolute Gasteiger partial charge is 0.337 e. The summed E-state index contributed by atoms with van der Waals surface area (Å²) >= 11 is 0. The van der Waals surface area contributed by atoms with Gasteiger partial charge in [-0.2, -0.15) is 0 Å². The van der Waals surface area contributed by atoms with Crippen molar-refractivity contribution < 1.29 is 4.79 Å². The van der Waals surface area contributed by atoms with Crippen molar-refractivity contribution in [2.75, 3.05) is 26.2 Å². The van der Waals surface area contributed by atoms with E-state index < -0.39 is 0 Å². The second-order valence-electron chi connectivity index (χ2n) is 5.00. The van der Waals surface area contributed by atoms with Crippen molar-refractivity contribution in [3.63, 3.8) is 0 Å². The molecule has 2 atom stereocenters. The normalized spacial score (nSPS) is 20.5. The van der Waals surface area contributed by atoms with Crippen LogP contribution in [0, 0.1) is 0 Å². The first-order valence-corrected chi connectivity index (χ1v) is 7.00. The minimum absolute atomic E-state index is 0.0769. The molecule has 1 saturated heterocycles. The van der Waals surface area contributed by atoms with Crippen LogP contribution < -0.4 is 5.73 Å². The van der Waals surface area contributed by atoms with E-state index in [-0.39, 0.29) is 18.0 Å². The van der Waals surface area contributed by atoms with E-state index in [1.807, 2.05) is 11.0 Å². The van der Waals surface area contributed by atoms with Gasteiger partial charge in [-0.15, -0.1) is 0 Å². The summed E-state index contributed by atoms with van der Waals surface area (Å²) in [4.78, 5) is 16.0. The van der Waals surface area contributed by atoms with Gasteiger partial charge in [0, 0.05) is 13.1 Å². The topological polar surface area (TPSA) is 49.6 Å². The fourth-order valence-corrected chi connectivity index (χ4v) is 2.67. The average molecular weight is 261 g/mol. The Hall–Kier alpha value is -1.39. The third-order valence-electron chi connectivity index (χ3n) is 3.88. The predicted octanol–water partition coefficient (Wildman–Crippen LogP) is 1.24. The molecule has 1 heterocycles. The van der Waals surface area contributed by atoms with E-state index in [1.54, 1.807) is 0 Å². The number of nitrogens with two attached hydrogens (primary N) is 1. The van der Waals surface area contributed by atoms with Crippen LogP contribution in [0.25, 0.3) is 0 Å². The van der Waals surface area contributed by atoms with E-state index >= 15 is 0 Å². The van der Waals surface area contributed by atoms with Crippen LogP contribution in [0.1, 0.15) is 25.5 Å². The van der Waals surface area contributed by atoms with E-state index in [9.17, 15) is 4.79 Å². The first-order chi connectivity index (χ1) is 9.17. The second kappa shape index (κ2) is 6.17. The lowest BCUT2D eigenvalue weighted by atomic mass is 10.0. The lowest BCUT2D eigenvalue weighted by molar-refractivity contribution is -0.143. The Morgan fingerprint density at radius 3 is 2.42 bits per heavy atom. The third kappa shape index (κ3) is 2.96. The monoisotopic (exact) mass is 261 g/mol. The highest BCUT2D eigenvalue weighted by Crippen LogP contribution is 2.24. The highest BCUT2D eigenvalue weighted by Gasteiger charge is 2.35. The van der Waals surface area contributed by atoms with Crippen LogP contribution in [-0.2, 0) is 4.79 Å². The molecule has 2 unspecified atom stereocenters. The number of carbonyl (C=O) groups excluding carboxylic acids is 1. The molecule has 4 heteroatoms. The quantitative estimate of drug-likeness (QED) is 0.784. The van der Waals surface area contributed by atoms with Gasteiger partial charge in [0.1, 0.15) is 6.04 Å². The van der Waals surface area contributed by atoms with Crippen molar-refractivity contribution >= 4 is 5.91 Å². The zero-order chi connectivity index (χ0) is 13.8. The maximum atomic E-state index is 11.7. The zero-order valence-corrected chi connectivity index (χ0v) is 11.7. The van der Waals surface area contributed by atoms with Gasteiger partial charge >= 0.3 is 0 Å². The Labute approximate surface area is 115 Å². The lowest BCUT2D eigenvalue weighted by Crippen LogP contribution is -2.62. The summed E-state index contributed by atoms with van der Waals surface area (Å²) in [5.74, 6) is 0.0769. The summed E-state index contributed by atoms with van der Waals surface area (Å²) in [6.07, 6.45) is 0. The molecule has 0 aliphatic carbocycles. The molecule has 0 bridgehead atoms. The Kier molecular flexibility index (Phi) is 4.56. The van der Waals surface area contributed by atoms with Crippen molar-refractivity contribution in [2.45, 2.75) is 25.9 Å². The van der Waals surface area contributed by atoms with Gasteiger partial charge in [0.25, 0.3) is 0 Å². The molecular formula is C15H23N3O. The first kappa shape index (κ1) is 14.0. The molecule has 104 valence electrons. The summed E-state index contributed by atoms with van der Waals surface area (Å²) in [6.45, 7) is 7.68. The minimum atomic E-state index is -0.284. The van der Waals surface area contributed by atoms with Gasteiger partial charge < -0.3 is 10.6 Å². The fourth-order valence-electron chi connectivity index (χ4n) is 2.67. The molecule has 0 aromatic heterocycles. The van der Waals surface area contributed by atoms with Crippen LogP contribution >= 0.6 is 0 Å². The molecule has 4 nitrogen and oxygen atoms in total. The van der Waals surface area contributed by atoms with Gasteiger partial charge in [-0.1, -0.05) is 44.2 Å². The molecule has 1 aliphatic heterocycles. The van der Waals surface area contributed by atoms with Gasteiger partial charge in [0.2, 0.25) is 5.91 Å². The lowest BCUT2D eigenvalue weighted by Gasteiger charge is -2.41. The van der Waals surface area contributed by atoms with Crippen LogP contribution in [0.4, 0.5) is 0 Å². The summed E-state index contributed by atoms with van der Waals surface area (Å²) in [6, 6.07) is 10.4. The number of rotatable bonds is 6. The highest BCUT2D eigenvalue weighted by atomic mass is 16.2. The zero-order valence-electron chi connectivity index (χ0n) is 11.7. The van der Waals surface area contributed by atoms with E-state index in [0.717, 1.165) is 19.6 Å². The van der Waals surface area contributed by atoms with Crippen LogP contribution in [0.5, 0.6) is 0 Å². The number of β-lactam (4-membered cyclic amide) rings is 1. The van der Waals surface area contributed by atoms with Gasteiger partial charge in [-0.05, 0) is 18.7 Å². The molecule has 0 saturated carbocycles. The average Bonchev–Trinajstić information content (AvgIpc) is 2.47. The van der Waals surface area contributed by atoms with Crippen molar-refractivity contribution in [1.82, 2.24) is 9.80 Å². The summed E-state index contributed by atoms with van der Waals surface area (Å²) < 4.78 is 0. The van der Waals surface area contributed by atoms with Crippen molar-refractivity contribution in [2.24, 2.45) is 5.73 Å². The Morgan fingerprint density at radius 1 is 1.32 bits per heavy atom. The summed E-state index contributed by atoms with van der Waals surface area (Å²) in [7, 11) is 0. The molecule has 2 rings (SSSR count). The maximum absolute atomic E-state index is 11.7. The smallest absolute Gasteiger partial charge is 0.241 e. The van der Waals surface area contributed by atoms with Gasteiger partial charge in [0.05, 0.1) is 6.04 Å². The molecule has 0 spiro atoms. The van der Waals surface area contributed by atoms with Crippen LogP contribution in [0.2, 0.25) is 0 Å². The fraction of sp³-hybridized carbons (Fsp3) is 0.533. The van der Waals surface area contributed by atoms with Gasteiger partial charge in [-0.25, -0.2) is 0 Å². The first-order valence-electron chi connectivity index (χ1n) is 7.00. The molecule has 2 N–H and O–H groups in total. The predicted molar refractivity (Wildman–Crippen MR) is 76.7 cm³/mol. The number of benzene rings is 1. The molecule has 1 aromatic rings. The Morgan fingerprint density at radius 2 is 1.95 bits per heavy atom. The minimum Gasteiger partial charge on any atom is -0.337 e. The number of amides is 1. The summed E-state index contributed by atoms with van der Waals surface area (Å²) in [5, 5.41) is 0. The standard InChI is InChI=1S/C15H23N3O/c1-3-17(4-2)14(12-8-6-5-7-9-12)11-18-10-13(16)15(18)19/h5-9,13-14H,3-4,10-11,16H2,1-2H3. The highest BCUT2D eigenvalue weighted by molar-refractivity contribution is 5.87.